The van der Waals surface area contributed by atoms with Crippen molar-refractivity contribution in [3.05, 3.63) is 28.5 Å². The summed E-state index contributed by atoms with van der Waals surface area (Å²) < 4.78 is 0.834. The number of pyridine rings is 1. The van der Waals surface area contributed by atoms with Crippen molar-refractivity contribution in [3.63, 3.8) is 0 Å². The van der Waals surface area contributed by atoms with Crippen LogP contribution < -0.4 is 5.32 Å². The molecule has 0 unspecified atom stereocenters. The minimum atomic E-state index is -0.702. The zero-order valence-electron chi connectivity index (χ0n) is 11.0. The molecule has 1 aliphatic rings. The molecule has 0 radical (unpaired) electrons. The van der Waals surface area contributed by atoms with E-state index in [2.05, 4.69) is 26.2 Å². The van der Waals surface area contributed by atoms with Crippen molar-refractivity contribution in [2.24, 2.45) is 11.8 Å². The maximum atomic E-state index is 11.9. The second-order valence-corrected chi connectivity index (χ2v) is 6.04. The minimum Gasteiger partial charge on any atom is -0.481 e. The summed E-state index contributed by atoms with van der Waals surface area (Å²) in [5.74, 6) is -0.732. The van der Waals surface area contributed by atoms with Crippen LogP contribution in [0.1, 0.15) is 36.2 Å². The number of aromatic nitrogens is 1. The number of nitrogens with zero attached hydrogens (tertiary/aromatic N) is 1. The van der Waals surface area contributed by atoms with E-state index in [9.17, 15) is 9.59 Å². The molecule has 1 fully saturated rings. The first-order valence-corrected chi connectivity index (χ1v) is 7.48. The van der Waals surface area contributed by atoms with Crippen LogP contribution >= 0.6 is 15.9 Å². The molecule has 1 saturated carbocycles. The molecule has 2 N–H and O–H groups in total. The summed E-state index contributed by atoms with van der Waals surface area (Å²) in [5.41, 5.74) is 0.396. The molecule has 20 heavy (non-hydrogen) atoms. The lowest BCUT2D eigenvalue weighted by atomic mass is 9.82. The van der Waals surface area contributed by atoms with Gasteiger partial charge in [0.2, 0.25) is 0 Å². The Kier molecular flexibility index (Phi) is 5.11. The molecule has 1 heterocycles. The molecule has 0 spiro atoms. The molecule has 1 aromatic heterocycles. The quantitative estimate of drug-likeness (QED) is 0.882. The number of halogens is 1. The van der Waals surface area contributed by atoms with Gasteiger partial charge in [-0.2, -0.15) is 0 Å². The lowest BCUT2D eigenvalue weighted by molar-refractivity contribution is -0.143. The van der Waals surface area contributed by atoms with Crippen molar-refractivity contribution < 1.29 is 14.7 Å². The Balaban J connectivity index is 1.77. The molecule has 0 atom stereocenters. The predicted molar refractivity (Wildman–Crippen MR) is 77.4 cm³/mol. The van der Waals surface area contributed by atoms with Crippen molar-refractivity contribution >= 4 is 27.8 Å². The van der Waals surface area contributed by atoms with Crippen molar-refractivity contribution in [1.29, 1.82) is 0 Å². The van der Waals surface area contributed by atoms with E-state index in [0.29, 0.717) is 31.0 Å². The van der Waals surface area contributed by atoms with Gasteiger partial charge in [-0.1, -0.05) is 0 Å². The van der Waals surface area contributed by atoms with E-state index in [0.717, 1.165) is 17.3 Å². The molecule has 0 aromatic carbocycles. The molecule has 0 aliphatic heterocycles. The monoisotopic (exact) mass is 340 g/mol. The number of hydrogen-bond donors (Lipinski definition) is 2. The summed E-state index contributed by atoms with van der Waals surface area (Å²) in [6, 6.07) is 3.45. The topological polar surface area (TPSA) is 79.3 Å². The van der Waals surface area contributed by atoms with E-state index in [4.69, 9.17) is 5.11 Å². The predicted octanol–water partition coefficient (Wildman–Crippen LogP) is 2.46. The summed E-state index contributed by atoms with van der Waals surface area (Å²) in [6.07, 6.45) is 4.70. The molecule has 0 saturated heterocycles. The maximum Gasteiger partial charge on any atom is 0.306 e. The van der Waals surface area contributed by atoms with Gasteiger partial charge in [0.15, 0.2) is 0 Å². The van der Waals surface area contributed by atoms with Crippen LogP contribution in [-0.2, 0) is 4.79 Å². The summed E-state index contributed by atoms with van der Waals surface area (Å²) in [6.45, 7) is 0.586. The van der Waals surface area contributed by atoms with E-state index in [1.165, 1.54) is 0 Å². The number of carbonyl (C=O) groups excluding carboxylic acids is 1. The van der Waals surface area contributed by atoms with Crippen LogP contribution in [0.25, 0.3) is 0 Å². The molecule has 1 amide bonds. The van der Waals surface area contributed by atoms with Crippen molar-refractivity contribution in [3.8, 4) is 0 Å². The first kappa shape index (κ1) is 15.0. The second kappa shape index (κ2) is 6.83. The Morgan fingerprint density at radius 1 is 1.30 bits per heavy atom. The standard InChI is InChI=1S/C14H17BrN2O3/c15-11-5-6-12(16-8-11)13(18)17-7-9-1-3-10(4-2-9)14(19)20/h5-6,8-10H,1-4,7H2,(H,17,18)(H,19,20). The number of carboxylic acid groups (broad SMARTS) is 1. The largest absolute Gasteiger partial charge is 0.481 e. The summed E-state index contributed by atoms with van der Waals surface area (Å²) >= 11 is 3.27. The van der Waals surface area contributed by atoms with E-state index >= 15 is 0 Å². The number of aliphatic carboxylic acids is 1. The van der Waals surface area contributed by atoms with E-state index < -0.39 is 5.97 Å². The lowest BCUT2D eigenvalue weighted by Gasteiger charge is -2.26. The highest BCUT2D eigenvalue weighted by Crippen LogP contribution is 2.28. The molecular weight excluding hydrogens is 324 g/mol. The zero-order chi connectivity index (χ0) is 14.5. The first-order valence-electron chi connectivity index (χ1n) is 6.69. The Hall–Kier alpha value is -1.43. The zero-order valence-corrected chi connectivity index (χ0v) is 12.6. The van der Waals surface area contributed by atoms with E-state index in [1.807, 2.05) is 0 Å². The molecule has 5 nitrogen and oxygen atoms in total. The van der Waals surface area contributed by atoms with Crippen LogP contribution in [0.2, 0.25) is 0 Å². The van der Waals surface area contributed by atoms with Crippen LogP contribution in [-0.4, -0.2) is 28.5 Å². The van der Waals surface area contributed by atoms with E-state index in [1.54, 1.807) is 18.3 Å². The smallest absolute Gasteiger partial charge is 0.306 e. The van der Waals surface area contributed by atoms with Gasteiger partial charge in [0.25, 0.3) is 5.91 Å². The van der Waals surface area contributed by atoms with Crippen molar-refractivity contribution in [2.75, 3.05) is 6.54 Å². The Bertz CT molecular complexity index is 482. The molecule has 6 heteroatoms. The third-order valence-corrected chi connectivity index (χ3v) is 4.18. The minimum absolute atomic E-state index is 0.183. The van der Waals surface area contributed by atoms with Crippen LogP contribution in [0, 0.1) is 11.8 Å². The Morgan fingerprint density at radius 3 is 2.55 bits per heavy atom. The SMILES string of the molecule is O=C(NCC1CCC(C(=O)O)CC1)c1ccc(Br)cn1. The average Bonchev–Trinajstić information content (AvgIpc) is 2.46. The average molecular weight is 341 g/mol. The fourth-order valence-corrected chi connectivity index (χ4v) is 2.69. The maximum absolute atomic E-state index is 11.9. The highest BCUT2D eigenvalue weighted by molar-refractivity contribution is 9.10. The number of amides is 1. The number of hydrogen-bond acceptors (Lipinski definition) is 3. The van der Waals surface area contributed by atoms with Gasteiger partial charge in [-0.3, -0.25) is 9.59 Å². The number of carbonyl (C=O) groups is 2. The lowest BCUT2D eigenvalue weighted by Crippen LogP contribution is -2.32. The fraction of sp³-hybridized carbons (Fsp3) is 0.500. The molecule has 108 valence electrons. The summed E-state index contributed by atoms with van der Waals surface area (Å²) in [7, 11) is 0. The summed E-state index contributed by atoms with van der Waals surface area (Å²) in [4.78, 5) is 26.8. The number of carboxylic acids is 1. The second-order valence-electron chi connectivity index (χ2n) is 5.13. The van der Waals surface area contributed by atoms with Gasteiger partial charge in [0.05, 0.1) is 5.92 Å². The van der Waals surface area contributed by atoms with Gasteiger partial charge in [0.1, 0.15) is 5.69 Å². The van der Waals surface area contributed by atoms with Gasteiger partial charge in [-0.05, 0) is 59.7 Å². The van der Waals surface area contributed by atoms with Gasteiger partial charge in [0, 0.05) is 17.2 Å². The first-order chi connectivity index (χ1) is 9.56. The van der Waals surface area contributed by atoms with Crippen LogP contribution in [0.15, 0.2) is 22.8 Å². The number of rotatable bonds is 4. The van der Waals surface area contributed by atoms with Crippen LogP contribution in [0.3, 0.4) is 0 Å². The van der Waals surface area contributed by atoms with Gasteiger partial charge in [-0.25, -0.2) is 4.98 Å². The highest BCUT2D eigenvalue weighted by Gasteiger charge is 2.26. The molecule has 1 aromatic rings. The van der Waals surface area contributed by atoms with Gasteiger partial charge < -0.3 is 10.4 Å². The Labute approximate surface area is 125 Å². The summed E-state index contributed by atoms with van der Waals surface area (Å²) in [5, 5.41) is 11.8. The van der Waals surface area contributed by atoms with Crippen LogP contribution in [0.5, 0.6) is 0 Å². The molecule has 2 rings (SSSR count). The van der Waals surface area contributed by atoms with Crippen LogP contribution in [0.4, 0.5) is 0 Å². The van der Waals surface area contributed by atoms with Gasteiger partial charge >= 0.3 is 5.97 Å². The third kappa shape index (κ3) is 4.03. The van der Waals surface area contributed by atoms with Crippen molar-refractivity contribution in [1.82, 2.24) is 10.3 Å². The fourth-order valence-electron chi connectivity index (χ4n) is 2.45. The molecule has 0 bridgehead atoms. The van der Waals surface area contributed by atoms with E-state index in [-0.39, 0.29) is 11.8 Å². The third-order valence-electron chi connectivity index (χ3n) is 3.71. The Morgan fingerprint density at radius 2 is 2.00 bits per heavy atom. The van der Waals surface area contributed by atoms with Gasteiger partial charge in [-0.15, -0.1) is 0 Å². The highest BCUT2D eigenvalue weighted by atomic mass is 79.9. The number of nitrogens with one attached hydrogen (secondary N) is 1. The molecule has 1 aliphatic carbocycles. The normalized spacial score (nSPS) is 22.2. The van der Waals surface area contributed by atoms with Crippen molar-refractivity contribution in [2.45, 2.75) is 25.7 Å². The molecular formula is C14H17BrN2O3.